The van der Waals surface area contributed by atoms with Crippen molar-refractivity contribution in [1.29, 1.82) is 0 Å². The van der Waals surface area contributed by atoms with Gasteiger partial charge in [0.15, 0.2) is 5.82 Å². The van der Waals surface area contributed by atoms with Crippen LogP contribution in [0, 0.1) is 6.92 Å². The predicted octanol–water partition coefficient (Wildman–Crippen LogP) is 2.82. The summed E-state index contributed by atoms with van der Waals surface area (Å²) >= 11 is 6.06. The molecule has 0 amide bonds. The van der Waals surface area contributed by atoms with Gasteiger partial charge in [-0.3, -0.25) is 4.79 Å². The van der Waals surface area contributed by atoms with Crippen LogP contribution >= 0.6 is 11.6 Å². The van der Waals surface area contributed by atoms with Gasteiger partial charge >= 0.3 is 5.97 Å². The Morgan fingerprint density at radius 2 is 2.21 bits per heavy atom. The summed E-state index contributed by atoms with van der Waals surface area (Å²) in [6, 6.07) is 7.82. The van der Waals surface area contributed by atoms with Crippen molar-refractivity contribution in [2.24, 2.45) is 0 Å². The summed E-state index contributed by atoms with van der Waals surface area (Å²) in [5, 5.41) is 0.275. The zero-order valence-corrected chi connectivity index (χ0v) is 11.4. The number of carbonyl (C=O) groups is 1. The molecule has 1 aromatic carbocycles. The number of methoxy groups -OCH3 is 1. The fourth-order valence-corrected chi connectivity index (χ4v) is 1.85. The molecular weight excluding hydrogens is 264 g/mol. The molecule has 0 radical (unpaired) electrons. The topological polar surface area (TPSA) is 52.1 Å². The first-order chi connectivity index (χ1) is 9.10. The second-order valence-corrected chi connectivity index (χ2v) is 4.49. The Balaban J connectivity index is 2.31. The van der Waals surface area contributed by atoms with Crippen LogP contribution in [0.3, 0.4) is 0 Å². The summed E-state index contributed by atoms with van der Waals surface area (Å²) in [4.78, 5) is 19.6. The zero-order valence-electron chi connectivity index (χ0n) is 10.7. The van der Waals surface area contributed by atoms with Crippen LogP contribution in [0.1, 0.15) is 11.1 Å². The van der Waals surface area contributed by atoms with Crippen LogP contribution in [0.25, 0.3) is 11.4 Å². The Morgan fingerprint density at radius 1 is 1.42 bits per heavy atom. The van der Waals surface area contributed by atoms with Gasteiger partial charge in [-0.2, -0.15) is 0 Å². The van der Waals surface area contributed by atoms with Crippen molar-refractivity contribution in [3.63, 3.8) is 0 Å². The fraction of sp³-hybridized carbons (Fsp3) is 0.214. The molecule has 0 aliphatic heterocycles. The van der Waals surface area contributed by atoms with Gasteiger partial charge in [-0.1, -0.05) is 35.4 Å². The summed E-state index contributed by atoms with van der Waals surface area (Å²) in [7, 11) is 1.33. The van der Waals surface area contributed by atoms with E-state index < -0.39 is 0 Å². The standard InChI is InChI=1S/C14H13ClN2O2/c1-9-4-3-5-10(6-9)14-16-8-11(13(15)17-14)7-12(18)19-2/h3-6,8H,7H2,1-2H3. The Labute approximate surface area is 116 Å². The van der Waals surface area contributed by atoms with Crippen molar-refractivity contribution in [2.45, 2.75) is 13.3 Å². The van der Waals surface area contributed by atoms with Crippen LogP contribution in [0.4, 0.5) is 0 Å². The van der Waals surface area contributed by atoms with Gasteiger partial charge in [0.25, 0.3) is 0 Å². The van der Waals surface area contributed by atoms with E-state index in [1.54, 1.807) is 6.20 Å². The number of ether oxygens (including phenoxy) is 1. The molecule has 4 nitrogen and oxygen atoms in total. The minimum Gasteiger partial charge on any atom is -0.469 e. The van der Waals surface area contributed by atoms with Gasteiger partial charge < -0.3 is 4.74 Å². The minimum absolute atomic E-state index is 0.0728. The highest BCUT2D eigenvalue weighted by molar-refractivity contribution is 6.30. The van der Waals surface area contributed by atoms with E-state index in [1.807, 2.05) is 31.2 Å². The van der Waals surface area contributed by atoms with E-state index in [4.69, 9.17) is 11.6 Å². The highest BCUT2D eigenvalue weighted by atomic mass is 35.5. The highest BCUT2D eigenvalue weighted by Gasteiger charge is 2.11. The number of aryl methyl sites for hydroxylation is 1. The van der Waals surface area contributed by atoms with Gasteiger partial charge in [0.05, 0.1) is 13.5 Å². The number of carbonyl (C=O) groups excluding carboxylic acids is 1. The molecule has 1 aromatic heterocycles. The number of aromatic nitrogens is 2. The molecule has 0 aliphatic rings. The first kappa shape index (κ1) is 13.5. The van der Waals surface area contributed by atoms with Crippen molar-refractivity contribution in [2.75, 3.05) is 7.11 Å². The summed E-state index contributed by atoms with van der Waals surface area (Å²) in [5.41, 5.74) is 2.58. The Hall–Kier alpha value is -1.94. The van der Waals surface area contributed by atoms with Crippen LogP contribution in [-0.2, 0) is 16.0 Å². The molecule has 98 valence electrons. The monoisotopic (exact) mass is 276 g/mol. The third kappa shape index (κ3) is 3.29. The van der Waals surface area contributed by atoms with Crippen LogP contribution in [-0.4, -0.2) is 23.0 Å². The molecule has 0 atom stereocenters. The van der Waals surface area contributed by atoms with Crippen LogP contribution in [0.15, 0.2) is 30.5 Å². The zero-order chi connectivity index (χ0) is 13.8. The van der Waals surface area contributed by atoms with Crippen LogP contribution < -0.4 is 0 Å². The third-order valence-electron chi connectivity index (χ3n) is 2.65. The average molecular weight is 277 g/mol. The molecule has 2 aromatic rings. The first-order valence-electron chi connectivity index (χ1n) is 5.75. The number of rotatable bonds is 3. The van der Waals surface area contributed by atoms with Crippen LogP contribution in [0.5, 0.6) is 0 Å². The molecule has 0 fully saturated rings. The number of esters is 1. The van der Waals surface area contributed by atoms with E-state index in [-0.39, 0.29) is 17.5 Å². The predicted molar refractivity (Wildman–Crippen MR) is 72.9 cm³/mol. The second-order valence-electron chi connectivity index (χ2n) is 4.13. The van der Waals surface area contributed by atoms with Gasteiger partial charge in [0.1, 0.15) is 5.15 Å². The first-order valence-corrected chi connectivity index (χ1v) is 6.13. The van der Waals surface area contributed by atoms with Gasteiger partial charge in [-0.05, 0) is 13.0 Å². The van der Waals surface area contributed by atoms with Crippen molar-refractivity contribution in [3.05, 3.63) is 46.7 Å². The van der Waals surface area contributed by atoms with E-state index in [9.17, 15) is 4.79 Å². The smallest absolute Gasteiger partial charge is 0.310 e. The molecule has 0 bridgehead atoms. The van der Waals surface area contributed by atoms with Gasteiger partial charge in [-0.15, -0.1) is 0 Å². The molecule has 1 heterocycles. The maximum Gasteiger partial charge on any atom is 0.310 e. The summed E-state index contributed by atoms with van der Waals surface area (Å²) < 4.78 is 4.59. The molecular formula is C14H13ClN2O2. The normalized spacial score (nSPS) is 10.3. The van der Waals surface area contributed by atoms with E-state index in [1.165, 1.54) is 7.11 Å². The lowest BCUT2D eigenvalue weighted by atomic mass is 10.1. The van der Waals surface area contributed by atoms with Gasteiger partial charge in [0.2, 0.25) is 0 Å². The molecule has 0 unspecified atom stereocenters. The second kappa shape index (κ2) is 5.80. The average Bonchev–Trinajstić information content (AvgIpc) is 2.41. The van der Waals surface area contributed by atoms with Crippen molar-refractivity contribution < 1.29 is 9.53 Å². The van der Waals surface area contributed by atoms with Crippen LogP contribution in [0.2, 0.25) is 5.15 Å². The lowest BCUT2D eigenvalue weighted by Crippen LogP contribution is -2.06. The van der Waals surface area contributed by atoms with E-state index in [2.05, 4.69) is 14.7 Å². The molecule has 0 saturated carbocycles. The molecule has 0 saturated heterocycles. The number of benzene rings is 1. The summed E-state index contributed by atoms with van der Waals surface area (Å²) in [6.07, 6.45) is 1.63. The summed E-state index contributed by atoms with van der Waals surface area (Å²) in [6.45, 7) is 2.00. The van der Waals surface area contributed by atoms with Crippen molar-refractivity contribution in [1.82, 2.24) is 9.97 Å². The maximum atomic E-state index is 11.2. The maximum absolute atomic E-state index is 11.2. The molecule has 0 spiro atoms. The van der Waals surface area contributed by atoms with Crippen molar-refractivity contribution >= 4 is 17.6 Å². The van der Waals surface area contributed by atoms with E-state index in [0.29, 0.717) is 11.4 Å². The Kier molecular flexibility index (Phi) is 4.12. The number of nitrogens with zero attached hydrogens (tertiary/aromatic N) is 2. The number of hydrogen-bond donors (Lipinski definition) is 0. The van der Waals surface area contributed by atoms with E-state index >= 15 is 0 Å². The van der Waals surface area contributed by atoms with E-state index in [0.717, 1.165) is 11.1 Å². The van der Waals surface area contributed by atoms with Gasteiger partial charge in [-0.25, -0.2) is 9.97 Å². The highest BCUT2D eigenvalue weighted by Crippen LogP contribution is 2.20. The Bertz CT molecular complexity index is 614. The minimum atomic E-state index is -0.367. The number of halogens is 1. The molecule has 0 N–H and O–H groups in total. The molecule has 19 heavy (non-hydrogen) atoms. The third-order valence-corrected chi connectivity index (χ3v) is 2.98. The lowest BCUT2D eigenvalue weighted by molar-refractivity contribution is -0.139. The lowest BCUT2D eigenvalue weighted by Gasteiger charge is -2.05. The quantitative estimate of drug-likeness (QED) is 0.639. The molecule has 2 rings (SSSR count). The summed E-state index contributed by atoms with van der Waals surface area (Å²) in [5.74, 6) is 0.177. The fourth-order valence-electron chi connectivity index (χ4n) is 1.66. The van der Waals surface area contributed by atoms with Crippen molar-refractivity contribution in [3.8, 4) is 11.4 Å². The van der Waals surface area contributed by atoms with Gasteiger partial charge in [0, 0.05) is 17.3 Å². The Morgan fingerprint density at radius 3 is 2.84 bits per heavy atom. The molecule has 0 aliphatic carbocycles. The SMILES string of the molecule is COC(=O)Cc1cnc(-c2cccc(C)c2)nc1Cl. The molecule has 5 heteroatoms. The largest absolute Gasteiger partial charge is 0.469 e. The number of hydrogen-bond acceptors (Lipinski definition) is 4.